The van der Waals surface area contributed by atoms with Gasteiger partial charge in [0, 0.05) is 0 Å². The van der Waals surface area contributed by atoms with Gasteiger partial charge in [-0.25, -0.2) is 0 Å². The molecular formula is C9H16O2. The summed E-state index contributed by atoms with van der Waals surface area (Å²) in [5.74, 6) is 1.36. The zero-order valence-electron chi connectivity index (χ0n) is 7.46. The summed E-state index contributed by atoms with van der Waals surface area (Å²) in [5.41, 5.74) is 0. The third-order valence-electron chi connectivity index (χ3n) is 2.59. The van der Waals surface area contributed by atoms with Crippen LogP contribution in [0.3, 0.4) is 0 Å². The third kappa shape index (κ3) is 1.55. The maximum Gasteiger partial charge on any atom is 0.309 e. The van der Waals surface area contributed by atoms with Crippen LogP contribution in [0.2, 0.25) is 0 Å². The topological polar surface area (TPSA) is 26.3 Å². The highest BCUT2D eigenvalue weighted by Crippen LogP contribution is 2.48. The van der Waals surface area contributed by atoms with Crippen molar-refractivity contribution in [2.75, 3.05) is 6.61 Å². The molecule has 1 aliphatic rings. The van der Waals surface area contributed by atoms with Crippen LogP contribution < -0.4 is 0 Å². The third-order valence-corrected chi connectivity index (χ3v) is 2.59. The largest absolute Gasteiger partial charge is 0.466 e. The van der Waals surface area contributed by atoms with Gasteiger partial charge in [-0.05, 0) is 18.8 Å². The van der Waals surface area contributed by atoms with Gasteiger partial charge in [0.2, 0.25) is 0 Å². The molecule has 0 heterocycles. The summed E-state index contributed by atoms with van der Waals surface area (Å²) < 4.78 is 4.93. The summed E-state index contributed by atoms with van der Waals surface area (Å²) in [6, 6.07) is 0. The maximum atomic E-state index is 11.2. The van der Waals surface area contributed by atoms with Crippen molar-refractivity contribution >= 4 is 5.97 Å². The predicted molar refractivity (Wildman–Crippen MR) is 43.1 cm³/mol. The van der Waals surface area contributed by atoms with E-state index < -0.39 is 0 Å². The average molecular weight is 156 g/mol. The lowest BCUT2D eigenvalue weighted by Gasteiger charge is -1.98. The Morgan fingerprint density at radius 2 is 2.09 bits per heavy atom. The monoisotopic (exact) mass is 156 g/mol. The molecule has 1 rings (SSSR count). The molecule has 0 amide bonds. The van der Waals surface area contributed by atoms with E-state index in [0.29, 0.717) is 18.4 Å². The first-order valence-corrected chi connectivity index (χ1v) is 4.39. The molecule has 64 valence electrons. The zero-order valence-corrected chi connectivity index (χ0v) is 7.46. The van der Waals surface area contributed by atoms with Crippen molar-refractivity contribution in [3.63, 3.8) is 0 Å². The van der Waals surface area contributed by atoms with E-state index in [0.717, 1.165) is 6.42 Å². The minimum Gasteiger partial charge on any atom is -0.466 e. The Bertz CT molecular complexity index is 154. The number of hydrogen-bond donors (Lipinski definition) is 0. The number of hydrogen-bond acceptors (Lipinski definition) is 2. The number of ether oxygens (including phenoxy) is 1. The summed E-state index contributed by atoms with van der Waals surface area (Å²) in [6.45, 7) is 6.61. The van der Waals surface area contributed by atoms with E-state index in [4.69, 9.17) is 4.74 Å². The van der Waals surface area contributed by atoms with E-state index in [1.54, 1.807) is 0 Å². The van der Waals surface area contributed by atoms with Crippen LogP contribution in [0.5, 0.6) is 0 Å². The van der Waals surface area contributed by atoms with Crippen LogP contribution >= 0.6 is 0 Å². The molecule has 0 saturated heterocycles. The second-order valence-electron chi connectivity index (χ2n) is 3.21. The van der Waals surface area contributed by atoms with Gasteiger partial charge in [0.15, 0.2) is 0 Å². The lowest BCUT2D eigenvalue weighted by molar-refractivity contribution is -0.145. The molecule has 2 heteroatoms. The Kier molecular flexibility index (Phi) is 2.53. The van der Waals surface area contributed by atoms with E-state index in [9.17, 15) is 4.79 Å². The van der Waals surface area contributed by atoms with E-state index in [1.165, 1.54) is 0 Å². The van der Waals surface area contributed by atoms with Gasteiger partial charge in [-0.2, -0.15) is 0 Å². The van der Waals surface area contributed by atoms with E-state index in [1.807, 2.05) is 6.92 Å². The quantitative estimate of drug-likeness (QED) is 0.583. The molecular weight excluding hydrogens is 140 g/mol. The van der Waals surface area contributed by atoms with Crippen LogP contribution in [0, 0.1) is 17.8 Å². The number of carbonyl (C=O) groups is 1. The Morgan fingerprint density at radius 3 is 2.45 bits per heavy atom. The highest BCUT2D eigenvalue weighted by Gasteiger charge is 2.51. The summed E-state index contributed by atoms with van der Waals surface area (Å²) in [5, 5.41) is 0. The Labute approximate surface area is 67.9 Å². The van der Waals surface area contributed by atoms with Crippen LogP contribution in [0.1, 0.15) is 27.2 Å². The van der Waals surface area contributed by atoms with E-state index >= 15 is 0 Å². The minimum atomic E-state index is 0.00634. The fourth-order valence-electron chi connectivity index (χ4n) is 1.80. The van der Waals surface area contributed by atoms with Gasteiger partial charge in [-0.15, -0.1) is 0 Å². The Balaban J connectivity index is 2.34. The second kappa shape index (κ2) is 3.24. The van der Waals surface area contributed by atoms with Gasteiger partial charge < -0.3 is 4.74 Å². The summed E-state index contributed by atoms with van der Waals surface area (Å²) >= 11 is 0. The van der Waals surface area contributed by atoms with Crippen LogP contribution in [-0.2, 0) is 9.53 Å². The molecule has 0 aromatic heterocycles. The number of carbonyl (C=O) groups excluding carboxylic acids is 1. The molecule has 2 nitrogen and oxygen atoms in total. The molecule has 0 aromatic carbocycles. The van der Waals surface area contributed by atoms with Crippen molar-refractivity contribution in [2.24, 2.45) is 17.8 Å². The smallest absolute Gasteiger partial charge is 0.309 e. The summed E-state index contributed by atoms with van der Waals surface area (Å²) in [6.07, 6.45) is 1.10. The van der Waals surface area contributed by atoms with Crippen LogP contribution in [0.25, 0.3) is 0 Å². The molecule has 0 unspecified atom stereocenters. The van der Waals surface area contributed by atoms with Gasteiger partial charge in [0.1, 0.15) is 0 Å². The fourth-order valence-corrected chi connectivity index (χ4v) is 1.80. The SMILES string of the molecule is CCOC(=O)[C@@H]1[C@@H](C)[C@H]1CC. The standard InChI is InChI=1S/C9H16O2/c1-4-7-6(3)8(7)9(10)11-5-2/h6-8H,4-5H2,1-3H3/t6-,7+,8+/m0/s1. The molecule has 0 aromatic rings. The highest BCUT2D eigenvalue weighted by molar-refractivity contribution is 5.76. The molecule has 1 aliphatic carbocycles. The first-order valence-electron chi connectivity index (χ1n) is 4.39. The molecule has 0 aliphatic heterocycles. The first-order chi connectivity index (χ1) is 5.22. The van der Waals surface area contributed by atoms with Crippen molar-refractivity contribution in [1.29, 1.82) is 0 Å². The summed E-state index contributed by atoms with van der Waals surface area (Å²) in [7, 11) is 0. The lowest BCUT2D eigenvalue weighted by Crippen LogP contribution is -2.08. The van der Waals surface area contributed by atoms with Crippen LogP contribution in [0.4, 0.5) is 0 Å². The van der Waals surface area contributed by atoms with Crippen molar-refractivity contribution < 1.29 is 9.53 Å². The average Bonchev–Trinajstić information content (AvgIpc) is 2.61. The lowest BCUT2D eigenvalue weighted by atomic mass is 10.2. The van der Waals surface area contributed by atoms with Gasteiger partial charge >= 0.3 is 5.97 Å². The molecule has 0 bridgehead atoms. The Hall–Kier alpha value is -0.530. The second-order valence-corrected chi connectivity index (χ2v) is 3.21. The molecule has 3 atom stereocenters. The molecule has 11 heavy (non-hydrogen) atoms. The van der Waals surface area contributed by atoms with Crippen molar-refractivity contribution in [3.8, 4) is 0 Å². The molecule has 0 N–H and O–H groups in total. The van der Waals surface area contributed by atoms with Crippen LogP contribution in [-0.4, -0.2) is 12.6 Å². The summed E-state index contributed by atoms with van der Waals surface area (Å²) in [4.78, 5) is 11.2. The van der Waals surface area contributed by atoms with E-state index in [-0.39, 0.29) is 11.9 Å². The van der Waals surface area contributed by atoms with Crippen molar-refractivity contribution in [3.05, 3.63) is 0 Å². The maximum absolute atomic E-state index is 11.2. The van der Waals surface area contributed by atoms with Gasteiger partial charge in [-0.3, -0.25) is 4.79 Å². The normalized spacial score (nSPS) is 35.0. The molecule has 1 saturated carbocycles. The number of esters is 1. The Morgan fingerprint density at radius 1 is 1.45 bits per heavy atom. The molecule has 0 radical (unpaired) electrons. The predicted octanol–water partition coefficient (Wildman–Crippen LogP) is 1.84. The van der Waals surface area contributed by atoms with Gasteiger partial charge in [0.05, 0.1) is 12.5 Å². The number of rotatable bonds is 3. The zero-order chi connectivity index (χ0) is 8.43. The van der Waals surface area contributed by atoms with Crippen LogP contribution in [0.15, 0.2) is 0 Å². The van der Waals surface area contributed by atoms with Gasteiger partial charge in [0.25, 0.3) is 0 Å². The molecule has 1 fully saturated rings. The fraction of sp³-hybridized carbons (Fsp3) is 0.889. The first kappa shape index (κ1) is 8.57. The highest BCUT2D eigenvalue weighted by atomic mass is 16.5. The van der Waals surface area contributed by atoms with Crippen molar-refractivity contribution in [2.45, 2.75) is 27.2 Å². The van der Waals surface area contributed by atoms with Crippen molar-refractivity contribution in [1.82, 2.24) is 0 Å². The van der Waals surface area contributed by atoms with Gasteiger partial charge in [-0.1, -0.05) is 20.3 Å². The molecule has 0 spiro atoms. The minimum absolute atomic E-state index is 0.00634. The van der Waals surface area contributed by atoms with E-state index in [2.05, 4.69) is 13.8 Å².